The fourth-order valence-electron chi connectivity index (χ4n) is 3.50. The molecule has 128 valence electrons. The van der Waals surface area contributed by atoms with Crippen LogP contribution in [0.1, 0.15) is 22.3 Å². The molecule has 0 fully saturated rings. The number of hydrogen-bond acceptors (Lipinski definition) is 4. The lowest BCUT2D eigenvalue weighted by molar-refractivity contribution is -0.750. The van der Waals surface area contributed by atoms with E-state index in [-0.39, 0.29) is 5.97 Å². The Balaban J connectivity index is 1.74. The molecular formula is C19H21N4O2+. The lowest BCUT2D eigenvalue weighted by atomic mass is 10.1. The van der Waals surface area contributed by atoms with Crippen LogP contribution in [0.5, 0.6) is 0 Å². The number of hydrazine groups is 1. The molecule has 0 radical (unpaired) electrons. The lowest BCUT2D eigenvalue weighted by Crippen LogP contribution is -2.43. The van der Waals surface area contributed by atoms with Gasteiger partial charge in [0.05, 0.1) is 18.1 Å². The van der Waals surface area contributed by atoms with Crippen LogP contribution in [0, 0.1) is 0 Å². The number of fused-ring (bicyclic) bond motifs is 2. The highest BCUT2D eigenvalue weighted by Gasteiger charge is 2.37. The van der Waals surface area contributed by atoms with Crippen molar-refractivity contribution in [2.45, 2.75) is 6.23 Å². The van der Waals surface area contributed by atoms with E-state index < -0.39 is 6.23 Å². The molecule has 4 rings (SSSR count). The van der Waals surface area contributed by atoms with Crippen molar-refractivity contribution < 1.29 is 14.2 Å². The molecule has 0 saturated carbocycles. The van der Waals surface area contributed by atoms with Crippen LogP contribution in [0.25, 0.3) is 10.9 Å². The van der Waals surface area contributed by atoms with Gasteiger partial charge in [0.2, 0.25) is 6.23 Å². The Kier molecular flexibility index (Phi) is 3.51. The highest BCUT2D eigenvalue weighted by Crippen LogP contribution is 2.38. The summed E-state index contributed by atoms with van der Waals surface area (Å²) < 4.78 is 9.70. The molecule has 0 spiro atoms. The van der Waals surface area contributed by atoms with Gasteiger partial charge in [0, 0.05) is 19.7 Å². The molecule has 2 heterocycles. The second-order valence-corrected chi connectivity index (χ2v) is 6.33. The van der Waals surface area contributed by atoms with Crippen LogP contribution < -0.4 is 9.69 Å². The molecule has 1 atom stereocenters. The largest absolute Gasteiger partial charge is 0.432 e. The summed E-state index contributed by atoms with van der Waals surface area (Å²) in [6, 6.07) is 15.8. The summed E-state index contributed by atoms with van der Waals surface area (Å²) in [5, 5.41) is 4.81. The molecule has 25 heavy (non-hydrogen) atoms. The summed E-state index contributed by atoms with van der Waals surface area (Å²) in [5.41, 5.74) is 3.58. The molecule has 1 aromatic heterocycles. The van der Waals surface area contributed by atoms with Crippen molar-refractivity contribution in [3.8, 4) is 0 Å². The summed E-state index contributed by atoms with van der Waals surface area (Å²) in [6.45, 7) is 0. The maximum absolute atomic E-state index is 13.0. The molecule has 0 amide bonds. The second kappa shape index (κ2) is 5.60. The molecule has 0 aliphatic carbocycles. The number of anilines is 1. The Labute approximate surface area is 146 Å². The number of carbonyl (C=O) groups excluding carboxylic acids is 1. The minimum atomic E-state index is -0.437. The molecule has 1 aliphatic heterocycles. The fourth-order valence-corrected chi connectivity index (χ4v) is 3.50. The molecule has 6 nitrogen and oxygen atoms in total. The van der Waals surface area contributed by atoms with Crippen molar-refractivity contribution >= 4 is 22.6 Å². The van der Waals surface area contributed by atoms with Crippen LogP contribution in [0.4, 0.5) is 5.69 Å². The molecule has 0 bridgehead atoms. The Hall–Kier alpha value is -2.86. The topological polar surface area (TPSA) is 41.6 Å². The first-order valence-electron chi connectivity index (χ1n) is 8.21. The van der Waals surface area contributed by atoms with E-state index in [1.54, 1.807) is 0 Å². The minimum absolute atomic E-state index is 0.332. The van der Waals surface area contributed by atoms with Gasteiger partial charge in [-0.25, -0.2) is 4.79 Å². The number of para-hydroxylation sites is 2. The molecule has 2 aromatic carbocycles. The number of esters is 1. The monoisotopic (exact) mass is 337 g/mol. The highest BCUT2D eigenvalue weighted by atomic mass is 16.6. The van der Waals surface area contributed by atoms with Crippen LogP contribution in [0.3, 0.4) is 0 Å². The molecular weight excluding hydrogens is 316 g/mol. The van der Waals surface area contributed by atoms with Crippen molar-refractivity contribution in [1.29, 1.82) is 0 Å². The summed E-state index contributed by atoms with van der Waals surface area (Å²) in [5.74, 6) is -0.332. The number of aryl methyl sites for hydroxylation is 1. The van der Waals surface area contributed by atoms with E-state index in [4.69, 9.17) is 4.74 Å². The summed E-state index contributed by atoms with van der Waals surface area (Å²) in [6.07, 6.45) is -0.437. The van der Waals surface area contributed by atoms with Gasteiger partial charge in [-0.1, -0.05) is 30.3 Å². The number of rotatable bonds is 2. The van der Waals surface area contributed by atoms with Gasteiger partial charge < -0.3 is 9.75 Å². The quantitative estimate of drug-likeness (QED) is 0.531. The van der Waals surface area contributed by atoms with Crippen molar-refractivity contribution in [3.05, 3.63) is 59.8 Å². The van der Waals surface area contributed by atoms with E-state index in [0.29, 0.717) is 5.69 Å². The summed E-state index contributed by atoms with van der Waals surface area (Å²) >= 11 is 0. The van der Waals surface area contributed by atoms with Crippen LogP contribution in [-0.4, -0.2) is 29.8 Å². The smallest absolute Gasteiger partial charge is 0.408 e. The second-order valence-electron chi connectivity index (χ2n) is 6.33. The molecule has 1 aliphatic rings. The minimum Gasteiger partial charge on any atom is -0.432 e. The Morgan fingerprint density at radius 3 is 2.52 bits per heavy atom. The van der Waals surface area contributed by atoms with Gasteiger partial charge >= 0.3 is 11.7 Å². The van der Waals surface area contributed by atoms with Gasteiger partial charge in [-0.15, -0.1) is 4.68 Å². The zero-order valence-corrected chi connectivity index (χ0v) is 14.8. The zero-order valence-electron chi connectivity index (χ0n) is 14.8. The van der Waals surface area contributed by atoms with Gasteiger partial charge in [0.15, 0.2) is 7.05 Å². The Bertz CT molecular complexity index is 979. The summed E-state index contributed by atoms with van der Waals surface area (Å²) in [4.78, 5) is 13.0. The third-order valence-corrected chi connectivity index (χ3v) is 5.06. The highest BCUT2D eigenvalue weighted by molar-refractivity contribution is 6.00. The number of benzene rings is 2. The van der Waals surface area contributed by atoms with Gasteiger partial charge in [-0.3, -0.25) is 0 Å². The van der Waals surface area contributed by atoms with E-state index in [2.05, 4.69) is 0 Å². The van der Waals surface area contributed by atoms with Crippen LogP contribution >= 0.6 is 0 Å². The third-order valence-electron chi connectivity index (χ3n) is 5.06. The number of hydrogen-bond donors (Lipinski definition) is 0. The fraction of sp³-hybridized carbons (Fsp3) is 0.263. The third kappa shape index (κ3) is 2.21. The number of nitrogens with zero attached hydrogens (tertiary/aromatic N) is 4. The predicted molar refractivity (Wildman–Crippen MR) is 94.9 cm³/mol. The van der Waals surface area contributed by atoms with Crippen LogP contribution in [0.15, 0.2) is 48.5 Å². The number of ether oxygens (including phenoxy) is 1. The Morgan fingerprint density at radius 2 is 1.72 bits per heavy atom. The molecule has 0 N–H and O–H groups in total. The van der Waals surface area contributed by atoms with Crippen molar-refractivity contribution in [1.82, 2.24) is 9.69 Å². The van der Waals surface area contributed by atoms with Gasteiger partial charge in [-0.05, 0) is 18.2 Å². The Morgan fingerprint density at radius 1 is 1.04 bits per heavy atom. The maximum Gasteiger partial charge on any atom is 0.408 e. The zero-order chi connectivity index (χ0) is 17.7. The van der Waals surface area contributed by atoms with E-state index >= 15 is 0 Å². The van der Waals surface area contributed by atoms with Crippen molar-refractivity contribution in [2.24, 2.45) is 14.1 Å². The van der Waals surface area contributed by atoms with Gasteiger partial charge in [0.1, 0.15) is 5.52 Å². The number of carbonyl (C=O) groups is 1. The van der Waals surface area contributed by atoms with E-state index in [0.717, 1.165) is 22.2 Å². The average Bonchev–Trinajstić information content (AvgIpc) is 3.02. The molecule has 1 unspecified atom stereocenters. The molecule has 0 saturated heterocycles. The van der Waals surface area contributed by atoms with E-state index in [1.165, 1.54) is 0 Å². The van der Waals surface area contributed by atoms with Crippen molar-refractivity contribution in [3.63, 3.8) is 0 Å². The van der Waals surface area contributed by atoms with E-state index in [9.17, 15) is 4.79 Å². The summed E-state index contributed by atoms with van der Waals surface area (Å²) in [7, 11) is 7.69. The lowest BCUT2D eigenvalue weighted by Gasteiger charge is -2.25. The first-order valence-corrected chi connectivity index (χ1v) is 8.21. The molecule has 6 heteroatoms. The first kappa shape index (κ1) is 15.7. The maximum atomic E-state index is 13.0. The van der Waals surface area contributed by atoms with Crippen molar-refractivity contribution in [2.75, 3.05) is 19.1 Å². The van der Waals surface area contributed by atoms with Crippen LogP contribution in [0.2, 0.25) is 0 Å². The number of aromatic nitrogens is 2. The van der Waals surface area contributed by atoms with Gasteiger partial charge in [-0.2, -0.15) is 9.69 Å². The van der Waals surface area contributed by atoms with E-state index in [1.807, 2.05) is 96.1 Å². The first-order chi connectivity index (χ1) is 12.0. The predicted octanol–water partition coefficient (Wildman–Crippen LogP) is 2.15. The van der Waals surface area contributed by atoms with Crippen LogP contribution in [-0.2, 0) is 18.8 Å². The average molecular weight is 337 g/mol. The van der Waals surface area contributed by atoms with Gasteiger partial charge in [0.25, 0.3) is 0 Å². The normalized spacial score (nSPS) is 17.1. The standard InChI is InChI=1S/C19H21N4O2/c1-20-15-11-7-5-9-13(15)17(22(20)3)19(24)25-18-14-10-6-8-12-16(14)21(2)23(18)4/h5-12,18H,1-4H3/q+1. The SMILES string of the molecule is CN1c2ccccc2C(OC(=O)c2c3ccccc3n(C)[n+]2C)N1C. The molecule has 3 aromatic rings.